The van der Waals surface area contributed by atoms with Crippen LogP contribution in [-0.4, -0.2) is 71.9 Å². The molecule has 0 aliphatic carbocycles. The van der Waals surface area contributed by atoms with Gasteiger partial charge < -0.3 is 19.7 Å². The molecule has 32 heavy (non-hydrogen) atoms. The number of rotatable bonds is 6. The fourth-order valence-electron chi connectivity index (χ4n) is 4.11. The van der Waals surface area contributed by atoms with Gasteiger partial charge >= 0.3 is 0 Å². The van der Waals surface area contributed by atoms with Crippen LogP contribution in [0.1, 0.15) is 36.7 Å². The molecular weight excluding hydrogens is 434 g/mol. The van der Waals surface area contributed by atoms with E-state index in [2.05, 4.69) is 27.4 Å². The maximum atomic E-state index is 12.9. The number of hydrogen-bond donors (Lipinski definition) is 2. The van der Waals surface area contributed by atoms with E-state index in [0.29, 0.717) is 66.9 Å². The zero-order valence-electron chi connectivity index (χ0n) is 18.3. The van der Waals surface area contributed by atoms with Gasteiger partial charge in [0.15, 0.2) is 0 Å². The number of carbonyl (C=O) groups is 2. The summed E-state index contributed by atoms with van der Waals surface area (Å²) in [5.41, 5.74) is 1.57. The molecule has 10 heteroatoms. The van der Waals surface area contributed by atoms with Crippen molar-refractivity contribution in [1.29, 1.82) is 0 Å². The van der Waals surface area contributed by atoms with Gasteiger partial charge in [0, 0.05) is 49.2 Å². The Balaban J connectivity index is 1.32. The van der Waals surface area contributed by atoms with E-state index in [9.17, 15) is 9.59 Å². The van der Waals surface area contributed by atoms with Crippen molar-refractivity contribution in [2.24, 2.45) is 11.3 Å². The molecule has 0 bridgehead atoms. The zero-order chi connectivity index (χ0) is 22.7. The van der Waals surface area contributed by atoms with Crippen molar-refractivity contribution in [3.05, 3.63) is 29.0 Å². The number of piperidine rings is 1. The minimum atomic E-state index is -0.143. The number of likely N-dealkylation sites (tertiary alicyclic amines) is 1. The Kier molecular flexibility index (Phi) is 6.66. The third-order valence-corrected chi connectivity index (χ3v) is 6.57. The molecule has 2 fully saturated rings. The predicted molar refractivity (Wildman–Crippen MR) is 119 cm³/mol. The van der Waals surface area contributed by atoms with Crippen molar-refractivity contribution >= 4 is 23.4 Å². The third kappa shape index (κ3) is 4.88. The quantitative estimate of drug-likeness (QED) is 0.684. The molecule has 0 saturated carbocycles. The van der Waals surface area contributed by atoms with Crippen molar-refractivity contribution < 1.29 is 19.1 Å². The van der Waals surface area contributed by atoms with E-state index in [1.165, 1.54) is 13.3 Å². The fourth-order valence-corrected chi connectivity index (χ4v) is 4.31. The highest BCUT2D eigenvalue weighted by Gasteiger charge is 2.33. The van der Waals surface area contributed by atoms with Gasteiger partial charge in [0.25, 0.3) is 5.91 Å². The van der Waals surface area contributed by atoms with Crippen molar-refractivity contribution in [3.63, 3.8) is 0 Å². The number of methoxy groups -OCH3 is 1. The largest absolute Gasteiger partial charge is 0.481 e. The first-order chi connectivity index (χ1) is 15.4. The van der Waals surface area contributed by atoms with Gasteiger partial charge in [-0.25, -0.2) is 4.98 Å². The molecule has 2 aliphatic heterocycles. The molecule has 9 nitrogen and oxygen atoms in total. The molecule has 0 aromatic carbocycles. The van der Waals surface area contributed by atoms with Gasteiger partial charge in [-0.15, -0.1) is 0 Å². The van der Waals surface area contributed by atoms with Crippen molar-refractivity contribution in [1.82, 2.24) is 25.4 Å². The van der Waals surface area contributed by atoms with E-state index in [4.69, 9.17) is 21.1 Å². The molecule has 2 saturated heterocycles. The summed E-state index contributed by atoms with van der Waals surface area (Å²) in [4.78, 5) is 31.3. The van der Waals surface area contributed by atoms with Gasteiger partial charge in [-0.1, -0.05) is 18.5 Å². The smallest absolute Gasteiger partial charge is 0.271 e. The Morgan fingerprint density at radius 1 is 1.38 bits per heavy atom. The Morgan fingerprint density at radius 2 is 2.16 bits per heavy atom. The third-order valence-electron chi connectivity index (χ3n) is 6.27. The second-order valence-electron chi connectivity index (χ2n) is 8.77. The molecule has 1 atom stereocenters. The van der Waals surface area contributed by atoms with Crippen LogP contribution in [0.5, 0.6) is 5.88 Å². The first-order valence-electron chi connectivity index (χ1n) is 10.8. The van der Waals surface area contributed by atoms with Crippen molar-refractivity contribution in [3.8, 4) is 17.1 Å². The Hall–Kier alpha value is -2.65. The maximum absolute atomic E-state index is 12.9. The molecule has 4 rings (SSSR count). The Labute approximate surface area is 191 Å². The van der Waals surface area contributed by atoms with Crippen LogP contribution in [0.25, 0.3) is 11.3 Å². The SMILES string of the molecule is COc1cc(-c2cc(C(=O)N3CCC(C(=O)NCC4(C)CCOC4)CC3)[nH]n2)c(Cl)cn1. The van der Waals surface area contributed by atoms with Crippen LogP contribution >= 0.6 is 11.6 Å². The summed E-state index contributed by atoms with van der Waals surface area (Å²) < 4.78 is 10.6. The van der Waals surface area contributed by atoms with Gasteiger partial charge in [0.1, 0.15) is 5.69 Å². The van der Waals surface area contributed by atoms with Crippen LogP contribution in [0.15, 0.2) is 18.3 Å². The van der Waals surface area contributed by atoms with Crippen LogP contribution in [0.3, 0.4) is 0 Å². The predicted octanol–water partition coefficient (Wildman–Crippen LogP) is 2.53. The lowest BCUT2D eigenvalue weighted by Gasteiger charge is -2.32. The highest BCUT2D eigenvalue weighted by molar-refractivity contribution is 6.33. The lowest BCUT2D eigenvalue weighted by Crippen LogP contribution is -2.45. The van der Waals surface area contributed by atoms with E-state index in [1.807, 2.05) is 0 Å². The number of H-pyrrole nitrogens is 1. The number of carbonyl (C=O) groups excluding carboxylic acids is 2. The first kappa shape index (κ1) is 22.5. The molecule has 0 radical (unpaired) electrons. The second kappa shape index (κ2) is 9.46. The number of aromatic amines is 1. The molecule has 0 spiro atoms. The number of pyridine rings is 1. The molecule has 2 aliphatic rings. The molecule has 2 aromatic heterocycles. The van der Waals surface area contributed by atoms with Gasteiger partial charge in [-0.3, -0.25) is 14.7 Å². The average molecular weight is 462 g/mol. The van der Waals surface area contributed by atoms with Crippen LogP contribution in [-0.2, 0) is 9.53 Å². The highest BCUT2D eigenvalue weighted by atomic mass is 35.5. The van der Waals surface area contributed by atoms with E-state index >= 15 is 0 Å². The molecule has 2 amide bonds. The monoisotopic (exact) mass is 461 g/mol. The van der Waals surface area contributed by atoms with Gasteiger partial charge in [0.05, 0.1) is 30.6 Å². The molecule has 172 valence electrons. The standard InChI is InChI=1S/C22H28ClN5O4/c1-22(5-8-32-13-22)12-25-20(29)14-3-6-28(7-4-14)21(30)18-10-17(26-27-18)15-9-19(31-2)24-11-16(15)23/h9-11,14H,3-8,12-13H2,1-2H3,(H,25,29)(H,26,27). The van der Waals surface area contributed by atoms with E-state index in [0.717, 1.165) is 13.0 Å². The summed E-state index contributed by atoms with van der Waals surface area (Å²) >= 11 is 6.23. The van der Waals surface area contributed by atoms with Crippen molar-refractivity contribution in [2.75, 3.05) is 40.0 Å². The second-order valence-corrected chi connectivity index (χ2v) is 9.18. The number of nitrogens with zero attached hydrogens (tertiary/aromatic N) is 3. The fraction of sp³-hybridized carbons (Fsp3) is 0.545. The lowest BCUT2D eigenvalue weighted by atomic mass is 9.89. The Morgan fingerprint density at radius 3 is 2.84 bits per heavy atom. The number of halogens is 1. The molecule has 2 N–H and O–H groups in total. The summed E-state index contributed by atoms with van der Waals surface area (Å²) in [6, 6.07) is 3.35. The van der Waals surface area contributed by atoms with Crippen LogP contribution < -0.4 is 10.1 Å². The normalized spacial score (nSPS) is 21.5. The molecule has 2 aromatic rings. The lowest BCUT2D eigenvalue weighted by molar-refractivity contribution is -0.126. The van der Waals surface area contributed by atoms with E-state index in [1.54, 1.807) is 17.0 Å². The maximum Gasteiger partial charge on any atom is 0.271 e. The summed E-state index contributed by atoms with van der Waals surface area (Å²) in [6.07, 6.45) is 3.73. The Bertz CT molecular complexity index is 980. The van der Waals surface area contributed by atoms with Crippen LogP contribution in [0.4, 0.5) is 0 Å². The minimum Gasteiger partial charge on any atom is -0.481 e. The summed E-state index contributed by atoms with van der Waals surface area (Å²) in [7, 11) is 1.52. The molecule has 1 unspecified atom stereocenters. The molecule has 4 heterocycles. The number of amides is 2. The zero-order valence-corrected chi connectivity index (χ0v) is 19.1. The van der Waals surface area contributed by atoms with Gasteiger partial charge in [-0.2, -0.15) is 5.10 Å². The minimum absolute atomic E-state index is 0.0202. The highest BCUT2D eigenvalue weighted by Crippen LogP contribution is 2.30. The van der Waals surface area contributed by atoms with Crippen LogP contribution in [0.2, 0.25) is 5.02 Å². The number of aromatic nitrogens is 3. The van der Waals surface area contributed by atoms with Gasteiger partial charge in [-0.05, 0) is 25.3 Å². The number of hydrogen-bond acceptors (Lipinski definition) is 6. The molecular formula is C22H28ClN5O4. The number of ether oxygens (including phenoxy) is 2. The summed E-state index contributed by atoms with van der Waals surface area (Å²) in [5.74, 6) is 0.256. The first-order valence-corrected chi connectivity index (χ1v) is 11.2. The number of nitrogens with one attached hydrogen (secondary N) is 2. The van der Waals surface area contributed by atoms with Crippen molar-refractivity contribution in [2.45, 2.75) is 26.2 Å². The van der Waals surface area contributed by atoms with E-state index in [-0.39, 0.29) is 23.1 Å². The summed E-state index contributed by atoms with van der Waals surface area (Å²) in [6.45, 7) is 5.25. The average Bonchev–Trinajstić information content (AvgIpc) is 3.47. The topological polar surface area (TPSA) is 109 Å². The van der Waals surface area contributed by atoms with Gasteiger partial charge in [0.2, 0.25) is 11.8 Å². The summed E-state index contributed by atoms with van der Waals surface area (Å²) in [5, 5.41) is 10.5. The van der Waals surface area contributed by atoms with E-state index < -0.39 is 0 Å². The van der Waals surface area contributed by atoms with Crippen LogP contribution in [0, 0.1) is 11.3 Å².